The van der Waals surface area contributed by atoms with Crippen LogP contribution in [0.15, 0.2) is 18.3 Å². The minimum Gasteiger partial charge on any atom is -0.314 e. The van der Waals surface area contributed by atoms with Gasteiger partial charge in [0, 0.05) is 31.7 Å². The second-order valence-electron chi connectivity index (χ2n) is 6.93. The Labute approximate surface area is 138 Å². The van der Waals surface area contributed by atoms with E-state index >= 15 is 0 Å². The summed E-state index contributed by atoms with van der Waals surface area (Å²) >= 11 is 0. The van der Waals surface area contributed by atoms with E-state index in [4.69, 9.17) is 4.98 Å². The first-order valence-electron chi connectivity index (χ1n) is 9.12. The zero-order valence-electron chi connectivity index (χ0n) is 14.0. The predicted molar refractivity (Wildman–Crippen MR) is 92.6 cm³/mol. The number of rotatable bonds is 4. The van der Waals surface area contributed by atoms with Gasteiger partial charge in [-0.3, -0.25) is 0 Å². The van der Waals surface area contributed by atoms with Crippen LogP contribution in [-0.2, 0) is 6.42 Å². The molecule has 5 heteroatoms. The van der Waals surface area contributed by atoms with Crippen LogP contribution in [0.1, 0.15) is 44.5 Å². The van der Waals surface area contributed by atoms with Crippen molar-refractivity contribution >= 4 is 11.2 Å². The highest BCUT2D eigenvalue weighted by molar-refractivity contribution is 5.71. The van der Waals surface area contributed by atoms with E-state index in [1.807, 2.05) is 12.3 Å². The van der Waals surface area contributed by atoms with Crippen LogP contribution in [0, 0.1) is 0 Å². The van der Waals surface area contributed by atoms with Crippen molar-refractivity contribution in [3.8, 4) is 0 Å². The number of pyridine rings is 1. The lowest BCUT2D eigenvalue weighted by molar-refractivity contribution is 0.338. The third kappa shape index (κ3) is 3.00. The maximum atomic E-state index is 4.94. The maximum absolute atomic E-state index is 4.94. The molecule has 2 aromatic rings. The fourth-order valence-corrected chi connectivity index (χ4v) is 4.13. The molecule has 2 aliphatic heterocycles. The molecule has 2 fully saturated rings. The molecule has 5 nitrogen and oxygen atoms in total. The van der Waals surface area contributed by atoms with Crippen LogP contribution in [0.2, 0.25) is 0 Å². The van der Waals surface area contributed by atoms with Gasteiger partial charge in [0.15, 0.2) is 5.65 Å². The Balaban J connectivity index is 1.66. The number of fused-ring (bicyclic) bond motifs is 1. The average Bonchev–Trinajstić information content (AvgIpc) is 3.19. The summed E-state index contributed by atoms with van der Waals surface area (Å²) in [6.45, 7) is 6.85. The van der Waals surface area contributed by atoms with E-state index in [0.717, 1.165) is 37.2 Å². The van der Waals surface area contributed by atoms with Crippen LogP contribution in [0.25, 0.3) is 11.2 Å². The summed E-state index contributed by atoms with van der Waals surface area (Å²) in [7, 11) is 0. The number of hydrogen-bond donors (Lipinski definition) is 1. The Bertz CT molecular complexity index is 658. The van der Waals surface area contributed by atoms with Crippen LogP contribution in [0.3, 0.4) is 0 Å². The molecule has 2 aromatic heterocycles. The quantitative estimate of drug-likeness (QED) is 0.941. The fourth-order valence-electron chi connectivity index (χ4n) is 4.13. The van der Waals surface area contributed by atoms with Crippen molar-refractivity contribution in [3.63, 3.8) is 0 Å². The van der Waals surface area contributed by atoms with Gasteiger partial charge >= 0.3 is 0 Å². The summed E-state index contributed by atoms with van der Waals surface area (Å²) in [4.78, 5) is 12.1. The lowest BCUT2D eigenvalue weighted by atomic mass is 10.0. The molecular weight excluding hydrogens is 286 g/mol. The summed E-state index contributed by atoms with van der Waals surface area (Å²) < 4.78 is 2.45. The molecule has 2 saturated heterocycles. The van der Waals surface area contributed by atoms with Gasteiger partial charge in [0.1, 0.15) is 11.3 Å². The summed E-state index contributed by atoms with van der Waals surface area (Å²) in [5.74, 6) is 1.22. The zero-order valence-corrected chi connectivity index (χ0v) is 14.0. The van der Waals surface area contributed by atoms with Gasteiger partial charge in [-0.1, -0.05) is 13.3 Å². The second-order valence-corrected chi connectivity index (χ2v) is 6.93. The molecule has 0 spiro atoms. The monoisotopic (exact) mass is 313 g/mol. The predicted octanol–water partition coefficient (Wildman–Crippen LogP) is 2.38. The molecule has 0 aliphatic carbocycles. The first-order chi connectivity index (χ1) is 11.3. The minimum atomic E-state index is 0.522. The summed E-state index contributed by atoms with van der Waals surface area (Å²) in [6, 6.07) is 5.19. The fraction of sp³-hybridized carbons (Fsp3) is 0.667. The lowest BCUT2D eigenvalue weighted by Gasteiger charge is -2.24. The van der Waals surface area contributed by atoms with E-state index in [0.29, 0.717) is 12.1 Å². The van der Waals surface area contributed by atoms with Gasteiger partial charge in [-0.2, -0.15) is 0 Å². The lowest BCUT2D eigenvalue weighted by Crippen LogP contribution is -2.36. The normalized spacial score (nSPS) is 26.1. The molecule has 2 unspecified atom stereocenters. The largest absolute Gasteiger partial charge is 0.314 e. The van der Waals surface area contributed by atoms with Gasteiger partial charge in [-0.25, -0.2) is 9.97 Å². The van der Waals surface area contributed by atoms with Crippen molar-refractivity contribution in [1.29, 1.82) is 0 Å². The van der Waals surface area contributed by atoms with E-state index in [1.165, 1.54) is 38.1 Å². The number of hydrogen-bond acceptors (Lipinski definition) is 4. The summed E-state index contributed by atoms with van der Waals surface area (Å²) in [5.41, 5.74) is 2.12. The van der Waals surface area contributed by atoms with Crippen LogP contribution in [0.5, 0.6) is 0 Å². The smallest absolute Gasteiger partial charge is 0.160 e. The number of aromatic nitrogens is 3. The van der Waals surface area contributed by atoms with Crippen LogP contribution < -0.4 is 5.32 Å². The number of nitrogens with zero attached hydrogens (tertiary/aromatic N) is 4. The van der Waals surface area contributed by atoms with Crippen LogP contribution in [-0.4, -0.2) is 51.7 Å². The standard InChI is InChI=1S/C18H27N5/c1-2-22-11-8-15(13-22)23-17(12-14-6-3-4-9-19-14)21-16-7-5-10-20-18(16)23/h5,7,10,14-15,19H,2-4,6,8-9,11-13H2,1H3. The summed E-state index contributed by atoms with van der Waals surface area (Å²) in [5, 5.41) is 3.67. The molecule has 1 N–H and O–H groups in total. The number of likely N-dealkylation sites (tertiary alicyclic amines) is 1. The Morgan fingerprint density at radius 3 is 3.04 bits per heavy atom. The van der Waals surface area contributed by atoms with Gasteiger partial charge in [0.05, 0.1) is 6.04 Å². The number of likely N-dealkylation sites (N-methyl/N-ethyl adjacent to an activating group) is 1. The van der Waals surface area contributed by atoms with Gasteiger partial charge in [0.2, 0.25) is 0 Å². The highest BCUT2D eigenvalue weighted by Crippen LogP contribution is 2.28. The minimum absolute atomic E-state index is 0.522. The van der Waals surface area contributed by atoms with Crippen LogP contribution >= 0.6 is 0 Å². The molecule has 4 heterocycles. The molecule has 2 atom stereocenters. The first-order valence-corrected chi connectivity index (χ1v) is 9.12. The average molecular weight is 313 g/mol. The Morgan fingerprint density at radius 1 is 1.30 bits per heavy atom. The molecular formula is C18H27N5. The number of nitrogens with one attached hydrogen (secondary N) is 1. The highest BCUT2D eigenvalue weighted by atomic mass is 15.2. The maximum Gasteiger partial charge on any atom is 0.160 e. The molecule has 23 heavy (non-hydrogen) atoms. The van der Waals surface area contributed by atoms with Crippen molar-refractivity contribution < 1.29 is 0 Å². The SMILES string of the molecule is CCN1CCC(n2c(CC3CCCCN3)nc3cccnc32)C1. The number of imidazole rings is 1. The van der Waals surface area contributed by atoms with Gasteiger partial charge in [-0.15, -0.1) is 0 Å². The number of piperidine rings is 1. The van der Waals surface area contributed by atoms with E-state index < -0.39 is 0 Å². The van der Waals surface area contributed by atoms with Crippen molar-refractivity contribution in [1.82, 2.24) is 24.8 Å². The molecule has 0 aromatic carbocycles. The summed E-state index contributed by atoms with van der Waals surface area (Å²) in [6.07, 6.45) is 8.05. The van der Waals surface area contributed by atoms with Gasteiger partial charge in [-0.05, 0) is 44.5 Å². The molecule has 124 valence electrons. The molecule has 2 aliphatic rings. The Morgan fingerprint density at radius 2 is 2.26 bits per heavy atom. The van der Waals surface area contributed by atoms with Crippen molar-refractivity contribution in [2.75, 3.05) is 26.2 Å². The topological polar surface area (TPSA) is 46.0 Å². The molecule has 0 amide bonds. The molecule has 0 saturated carbocycles. The van der Waals surface area contributed by atoms with Crippen molar-refractivity contribution in [2.45, 2.75) is 51.1 Å². The Hall–Kier alpha value is -1.46. The van der Waals surface area contributed by atoms with E-state index in [-0.39, 0.29) is 0 Å². The van der Waals surface area contributed by atoms with E-state index in [1.54, 1.807) is 0 Å². The van der Waals surface area contributed by atoms with Gasteiger partial charge in [0.25, 0.3) is 0 Å². The van der Waals surface area contributed by atoms with E-state index in [9.17, 15) is 0 Å². The molecule has 0 bridgehead atoms. The Kier molecular flexibility index (Phi) is 4.31. The molecule has 4 rings (SSSR count). The van der Waals surface area contributed by atoms with E-state index in [2.05, 4.69) is 32.8 Å². The second kappa shape index (κ2) is 6.57. The zero-order chi connectivity index (χ0) is 15.6. The van der Waals surface area contributed by atoms with Gasteiger partial charge < -0.3 is 14.8 Å². The third-order valence-electron chi connectivity index (χ3n) is 5.42. The van der Waals surface area contributed by atoms with Crippen molar-refractivity contribution in [2.24, 2.45) is 0 Å². The third-order valence-corrected chi connectivity index (χ3v) is 5.42. The highest BCUT2D eigenvalue weighted by Gasteiger charge is 2.28. The van der Waals surface area contributed by atoms with Crippen molar-refractivity contribution in [3.05, 3.63) is 24.2 Å². The van der Waals surface area contributed by atoms with Crippen LogP contribution in [0.4, 0.5) is 0 Å². The first kappa shape index (κ1) is 15.1. The molecule has 0 radical (unpaired) electrons.